The Labute approximate surface area is 217 Å². The SMILES string of the molecule is CCCC(=O)c1cnc2ccc(-c3cc(Cl)c(O)c(Cl)c3)cc2c1NC1CCC(CN(C)C)CC1. The van der Waals surface area contributed by atoms with Gasteiger partial charge < -0.3 is 15.3 Å². The van der Waals surface area contributed by atoms with Crippen molar-refractivity contribution < 1.29 is 9.90 Å². The molecule has 7 heteroatoms. The topological polar surface area (TPSA) is 65.5 Å². The molecule has 0 bridgehead atoms. The van der Waals surface area contributed by atoms with Crippen LogP contribution in [0.5, 0.6) is 5.75 Å². The Morgan fingerprint density at radius 2 is 1.77 bits per heavy atom. The lowest BCUT2D eigenvalue weighted by molar-refractivity contribution is 0.0982. The zero-order valence-corrected chi connectivity index (χ0v) is 22.1. The van der Waals surface area contributed by atoms with Crippen LogP contribution in [-0.4, -0.2) is 47.5 Å². The van der Waals surface area contributed by atoms with Gasteiger partial charge in [-0.3, -0.25) is 9.78 Å². The molecule has 5 nitrogen and oxygen atoms in total. The predicted molar refractivity (Wildman–Crippen MR) is 146 cm³/mol. The maximum Gasteiger partial charge on any atom is 0.166 e. The molecule has 1 fully saturated rings. The lowest BCUT2D eigenvalue weighted by atomic mass is 9.85. The van der Waals surface area contributed by atoms with Crippen molar-refractivity contribution in [1.29, 1.82) is 0 Å². The van der Waals surface area contributed by atoms with E-state index in [-0.39, 0.29) is 21.6 Å². The molecule has 0 saturated heterocycles. The Hall–Kier alpha value is -2.34. The number of phenols is 1. The third kappa shape index (κ3) is 5.91. The van der Waals surface area contributed by atoms with Gasteiger partial charge in [0.1, 0.15) is 0 Å². The summed E-state index contributed by atoms with van der Waals surface area (Å²) in [5.41, 5.74) is 4.01. The van der Waals surface area contributed by atoms with E-state index in [4.69, 9.17) is 23.2 Å². The van der Waals surface area contributed by atoms with Crippen LogP contribution in [0.15, 0.2) is 36.5 Å². The molecule has 1 saturated carbocycles. The number of halogens is 2. The van der Waals surface area contributed by atoms with Crippen LogP contribution in [0.4, 0.5) is 5.69 Å². The van der Waals surface area contributed by atoms with E-state index in [2.05, 4.69) is 29.3 Å². The monoisotopic (exact) mass is 513 g/mol. The minimum Gasteiger partial charge on any atom is -0.505 e. The van der Waals surface area contributed by atoms with Gasteiger partial charge >= 0.3 is 0 Å². The van der Waals surface area contributed by atoms with Crippen molar-refractivity contribution in [2.45, 2.75) is 51.5 Å². The summed E-state index contributed by atoms with van der Waals surface area (Å²) < 4.78 is 0. The third-order valence-electron chi connectivity index (χ3n) is 6.81. The van der Waals surface area contributed by atoms with Gasteiger partial charge in [0.2, 0.25) is 0 Å². The Morgan fingerprint density at radius 1 is 1.09 bits per heavy atom. The number of rotatable bonds is 8. The second kappa shape index (κ2) is 11.2. The fourth-order valence-corrected chi connectivity index (χ4v) is 5.53. The molecule has 0 atom stereocenters. The summed E-state index contributed by atoms with van der Waals surface area (Å²) >= 11 is 12.4. The van der Waals surface area contributed by atoms with Gasteiger partial charge in [-0.2, -0.15) is 0 Å². The average molecular weight is 514 g/mol. The van der Waals surface area contributed by atoms with Gasteiger partial charge in [-0.1, -0.05) is 36.2 Å². The number of nitrogens with zero attached hydrogens (tertiary/aromatic N) is 2. The van der Waals surface area contributed by atoms with Gasteiger partial charge in [0.05, 0.1) is 26.8 Å². The molecule has 1 heterocycles. The molecular weight excluding hydrogens is 481 g/mol. The van der Waals surface area contributed by atoms with Crippen molar-refractivity contribution in [3.63, 3.8) is 0 Å². The van der Waals surface area contributed by atoms with Gasteiger partial charge in [0.15, 0.2) is 11.5 Å². The fraction of sp³-hybridized carbons (Fsp3) is 0.429. The summed E-state index contributed by atoms with van der Waals surface area (Å²) in [6.45, 7) is 3.13. The van der Waals surface area contributed by atoms with Crippen molar-refractivity contribution >= 4 is 45.6 Å². The number of hydrogen-bond acceptors (Lipinski definition) is 5. The third-order valence-corrected chi connectivity index (χ3v) is 7.39. The normalized spacial score (nSPS) is 18.2. The number of Topliss-reactive ketones (excluding diaryl/α,β-unsaturated/α-hetero) is 1. The van der Waals surface area contributed by atoms with E-state index >= 15 is 0 Å². The van der Waals surface area contributed by atoms with E-state index in [1.807, 2.05) is 25.1 Å². The van der Waals surface area contributed by atoms with Crippen molar-refractivity contribution in [2.75, 3.05) is 26.0 Å². The van der Waals surface area contributed by atoms with Crippen LogP contribution < -0.4 is 5.32 Å². The maximum absolute atomic E-state index is 13.1. The van der Waals surface area contributed by atoms with E-state index < -0.39 is 0 Å². The second-order valence-electron chi connectivity index (χ2n) is 9.86. The van der Waals surface area contributed by atoms with E-state index in [1.165, 1.54) is 12.8 Å². The van der Waals surface area contributed by atoms with Crippen molar-refractivity contribution in [2.24, 2.45) is 5.92 Å². The minimum atomic E-state index is -0.126. The van der Waals surface area contributed by atoms with Crippen LogP contribution in [0.3, 0.4) is 0 Å². The largest absolute Gasteiger partial charge is 0.505 e. The summed E-state index contributed by atoms with van der Waals surface area (Å²) in [6, 6.07) is 9.65. The van der Waals surface area contributed by atoms with Crippen molar-refractivity contribution in [1.82, 2.24) is 9.88 Å². The molecule has 0 amide bonds. The number of carbonyl (C=O) groups is 1. The smallest absolute Gasteiger partial charge is 0.166 e. The van der Waals surface area contributed by atoms with Crippen LogP contribution >= 0.6 is 23.2 Å². The van der Waals surface area contributed by atoms with Gasteiger partial charge in [0, 0.05) is 30.6 Å². The summed E-state index contributed by atoms with van der Waals surface area (Å²) in [7, 11) is 4.26. The number of fused-ring (bicyclic) bond motifs is 1. The van der Waals surface area contributed by atoms with Gasteiger partial charge in [-0.15, -0.1) is 0 Å². The molecule has 186 valence electrons. The molecule has 2 aromatic carbocycles. The maximum atomic E-state index is 13.1. The molecule has 0 spiro atoms. The first-order valence-corrected chi connectivity index (χ1v) is 13.1. The fourth-order valence-electron chi connectivity index (χ4n) is 5.04. The van der Waals surface area contributed by atoms with Crippen LogP contribution in [0.1, 0.15) is 55.8 Å². The molecule has 3 aromatic rings. The second-order valence-corrected chi connectivity index (χ2v) is 10.7. The first kappa shape index (κ1) is 25.7. The highest BCUT2D eigenvalue weighted by molar-refractivity contribution is 6.37. The van der Waals surface area contributed by atoms with Gasteiger partial charge in [0.25, 0.3) is 0 Å². The van der Waals surface area contributed by atoms with Crippen LogP contribution in [-0.2, 0) is 0 Å². The van der Waals surface area contributed by atoms with E-state index in [9.17, 15) is 9.90 Å². The first-order chi connectivity index (χ1) is 16.8. The number of phenolic OH excluding ortho intramolecular Hbond substituents is 1. The number of nitrogens with one attached hydrogen (secondary N) is 1. The lowest BCUT2D eigenvalue weighted by Crippen LogP contribution is -2.31. The molecule has 0 radical (unpaired) electrons. The highest BCUT2D eigenvalue weighted by Gasteiger charge is 2.24. The van der Waals surface area contributed by atoms with Gasteiger partial charge in [-0.05, 0) is 87.5 Å². The zero-order chi connectivity index (χ0) is 25.1. The van der Waals surface area contributed by atoms with Crippen LogP contribution in [0.2, 0.25) is 10.0 Å². The number of aromatic nitrogens is 1. The predicted octanol–water partition coefficient (Wildman–Crippen LogP) is 7.43. The molecular formula is C28H33Cl2N3O2. The Kier molecular flexibility index (Phi) is 8.20. The number of aromatic hydroxyl groups is 1. The van der Waals surface area contributed by atoms with E-state index in [1.54, 1.807) is 18.3 Å². The Balaban J connectivity index is 1.73. The molecule has 1 aromatic heterocycles. The zero-order valence-electron chi connectivity index (χ0n) is 20.6. The van der Waals surface area contributed by atoms with Gasteiger partial charge in [-0.25, -0.2) is 0 Å². The molecule has 1 aliphatic rings. The summed E-state index contributed by atoms with van der Waals surface area (Å²) in [5.74, 6) is 0.694. The number of pyridine rings is 1. The molecule has 4 rings (SSSR count). The quantitative estimate of drug-likeness (QED) is 0.306. The number of carbonyl (C=O) groups excluding carboxylic acids is 1. The molecule has 0 unspecified atom stereocenters. The van der Waals surface area contributed by atoms with E-state index in [0.29, 0.717) is 23.9 Å². The van der Waals surface area contributed by atoms with E-state index in [0.717, 1.165) is 53.5 Å². The lowest BCUT2D eigenvalue weighted by Gasteiger charge is -2.32. The van der Waals surface area contributed by atoms with Crippen molar-refractivity contribution in [3.8, 4) is 16.9 Å². The highest BCUT2D eigenvalue weighted by Crippen LogP contribution is 2.39. The summed E-state index contributed by atoms with van der Waals surface area (Å²) in [6.07, 6.45) is 7.49. The Bertz CT molecular complexity index is 1200. The Morgan fingerprint density at radius 3 is 2.40 bits per heavy atom. The number of hydrogen-bond donors (Lipinski definition) is 2. The minimum absolute atomic E-state index is 0.104. The molecule has 2 N–H and O–H groups in total. The van der Waals surface area contributed by atoms with Crippen molar-refractivity contribution in [3.05, 3.63) is 52.1 Å². The highest BCUT2D eigenvalue weighted by atomic mass is 35.5. The first-order valence-electron chi connectivity index (χ1n) is 12.3. The number of anilines is 1. The molecule has 35 heavy (non-hydrogen) atoms. The van der Waals surface area contributed by atoms with Crippen LogP contribution in [0.25, 0.3) is 22.0 Å². The molecule has 1 aliphatic carbocycles. The van der Waals surface area contributed by atoms with Crippen LogP contribution in [0, 0.1) is 5.92 Å². The number of benzene rings is 2. The summed E-state index contributed by atoms with van der Waals surface area (Å²) in [4.78, 5) is 19.9. The number of ketones is 1. The molecule has 0 aliphatic heterocycles. The summed E-state index contributed by atoms with van der Waals surface area (Å²) in [5, 5.41) is 15.0. The standard InChI is InChI=1S/C28H33Cl2N3O2/c1-4-5-26(34)22-15-31-25-11-8-18(19-13-23(29)28(35)24(30)14-19)12-21(25)27(22)32-20-9-6-17(7-10-20)16-33(2)3/h8,11-15,17,20,35H,4-7,9-10,16H2,1-3H3,(H,31,32). The average Bonchev–Trinajstić information content (AvgIpc) is 2.83.